The van der Waals surface area contributed by atoms with Crippen LogP contribution in [0.25, 0.3) is 0 Å². The molecule has 1 heterocycles. The number of phenolic OH excluding ortho intramolecular Hbond substituents is 1. The molecular weight excluding hydrogens is 268 g/mol. The molecule has 0 radical (unpaired) electrons. The zero-order chi connectivity index (χ0) is 14.8. The van der Waals surface area contributed by atoms with Crippen LogP contribution < -0.4 is 15.4 Å². The number of rotatable bonds is 3. The van der Waals surface area contributed by atoms with E-state index in [1.165, 1.54) is 13.2 Å². The van der Waals surface area contributed by atoms with Gasteiger partial charge in [-0.2, -0.15) is 0 Å². The van der Waals surface area contributed by atoms with Crippen LogP contribution in [-0.4, -0.2) is 24.7 Å². The maximum absolute atomic E-state index is 12.2. The fourth-order valence-electron chi connectivity index (χ4n) is 2.42. The molecule has 5 nitrogen and oxygen atoms in total. The maximum atomic E-state index is 12.2. The largest absolute Gasteiger partial charge is 0.504 e. The van der Waals surface area contributed by atoms with Crippen molar-refractivity contribution in [3.8, 4) is 11.5 Å². The highest BCUT2D eigenvalue weighted by Crippen LogP contribution is 2.29. The van der Waals surface area contributed by atoms with E-state index in [4.69, 9.17) is 4.74 Å². The minimum absolute atomic E-state index is 0.00606. The highest BCUT2D eigenvalue weighted by Gasteiger charge is 2.14. The second kappa shape index (κ2) is 5.36. The molecule has 0 unspecified atom stereocenters. The van der Waals surface area contributed by atoms with Crippen molar-refractivity contribution in [3.63, 3.8) is 0 Å². The molecule has 1 aliphatic rings. The van der Waals surface area contributed by atoms with Gasteiger partial charge in [0.2, 0.25) is 0 Å². The van der Waals surface area contributed by atoms with Crippen molar-refractivity contribution in [2.75, 3.05) is 24.3 Å². The predicted molar refractivity (Wildman–Crippen MR) is 81.2 cm³/mol. The first kappa shape index (κ1) is 13.3. The summed E-state index contributed by atoms with van der Waals surface area (Å²) in [5.41, 5.74) is 3.37. The first-order valence-electron chi connectivity index (χ1n) is 6.72. The number of fused-ring (bicyclic) bond motifs is 1. The standard InChI is InChI=1S/C16H16N2O3/c1-21-15-5-3-12(9-14(15)19)18-16(20)11-2-4-13-10(8-11)6-7-17-13/h2-5,8-9,17,19H,6-7H2,1H3,(H,18,20). The Morgan fingerprint density at radius 3 is 2.90 bits per heavy atom. The Labute approximate surface area is 122 Å². The number of benzene rings is 2. The molecule has 0 aliphatic carbocycles. The minimum atomic E-state index is -0.200. The van der Waals surface area contributed by atoms with Gasteiger partial charge in [0.15, 0.2) is 11.5 Å². The van der Waals surface area contributed by atoms with Crippen LogP contribution in [0.3, 0.4) is 0 Å². The van der Waals surface area contributed by atoms with Gasteiger partial charge in [-0.25, -0.2) is 0 Å². The number of carbonyl (C=O) groups is 1. The van der Waals surface area contributed by atoms with Crippen molar-refractivity contribution in [1.29, 1.82) is 0 Å². The van der Waals surface area contributed by atoms with Gasteiger partial charge >= 0.3 is 0 Å². The molecule has 0 aromatic heterocycles. The number of anilines is 2. The molecule has 1 amide bonds. The Bertz CT molecular complexity index is 698. The van der Waals surface area contributed by atoms with Crippen LogP contribution in [0.2, 0.25) is 0 Å². The maximum Gasteiger partial charge on any atom is 0.255 e. The lowest BCUT2D eigenvalue weighted by Gasteiger charge is -2.09. The molecule has 3 N–H and O–H groups in total. The normalized spacial score (nSPS) is 12.4. The van der Waals surface area contributed by atoms with Crippen LogP contribution >= 0.6 is 0 Å². The van der Waals surface area contributed by atoms with Gasteiger partial charge in [0.05, 0.1) is 7.11 Å². The van der Waals surface area contributed by atoms with Crippen molar-refractivity contribution < 1.29 is 14.6 Å². The van der Waals surface area contributed by atoms with Gasteiger partial charge in [-0.15, -0.1) is 0 Å². The Morgan fingerprint density at radius 2 is 2.14 bits per heavy atom. The van der Waals surface area contributed by atoms with E-state index in [0.29, 0.717) is 17.0 Å². The second-order valence-corrected chi connectivity index (χ2v) is 4.89. The van der Waals surface area contributed by atoms with Gasteiger partial charge in [-0.05, 0) is 42.3 Å². The van der Waals surface area contributed by atoms with E-state index in [9.17, 15) is 9.90 Å². The number of aromatic hydroxyl groups is 1. The SMILES string of the molecule is COc1ccc(NC(=O)c2ccc3c(c2)CCN3)cc1O. The molecule has 0 atom stereocenters. The first-order chi connectivity index (χ1) is 10.2. The molecule has 0 saturated carbocycles. The van der Waals surface area contributed by atoms with E-state index in [1.807, 2.05) is 12.1 Å². The number of methoxy groups -OCH3 is 1. The average molecular weight is 284 g/mol. The Morgan fingerprint density at radius 1 is 1.29 bits per heavy atom. The van der Waals surface area contributed by atoms with Gasteiger partial charge in [0, 0.05) is 29.5 Å². The van der Waals surface area contributed by atoms with E-state index in [1.54, 1.807) is 18.2 Å². The molecule has 0 spiro atoms. The summed E-state index contributed by atoms with van der Waals surface area (Å²) >= 11 is 0. The van der Waals surface area contributed by atoms with Crippen molar-refractivity contribution in [2.45, 2.75) is 6.42 Å². The lowest BCUT2D eigenvalue weighted by molar-refractivity contribution is 0.102. The summed E-state index contributed by atoms with van der Waals surface area (Å²) < 4.78 is 4.97. The Hall–Kier alpha value is -2.69. The summed E-state index contributed by atoms with van der Waals surface area (Å²) in [4.78, 5) is 12.2. The number of ether oxygens (including phenoxy) is 1. The summed E-state index contributed by atoms with van der Waals surface area (Å²) in [7, 11) is 1.48. The van der Waals surface area contributed by atoms with Crippen molar-refractivity contribution in [3.05, 3.63) is 47.5 Å². The van der Waals surface area contributed by atoms with E-state index < -0.39 is 0 Å². The van der Waals surface area contributed by atoms with Gasteiger partial charge in [0.25, 0.3) is 5.91 Å². The van der Waals surface area contributed by atoms with Crippen molar-refractivity contribution in [2.24, 2.45) is 0 Å². The van der Waals surface area contributed by atoms with Crippen LogP contribution in [0.1, 0.15) is 15.9 Å². The zero-order valence-electron chi connectivity index (χ0n) is 11.6. The lowest BCUT2D eigenvalue weighted by atomic mass is 10.1. The van der Waals surface area contributed by atoms with Crippen LogP contribution in [0.15, 0.2) is 36.4 Å². The van der Waals surface area contributed by atoms with Gasteiger partial charge < -0.3 is 20.5 Å². The number of hydrogen-bond donors (Lipinski definition) is 3. The summed E-state index contributed by atoms with van der Waals surface area (Å²) in [6.07, 6.45) is 0.930. The second-order valence-electron chi connectivity index (χ2n) is 4.89. The van der Waals surface area contributed by atoms with Gasteiger partial charge in [0.1, 0.15) is 0 Å². The molecule has 2 aromatic rings. The van der Waals surface area contributed by atoms with E-state index >= 15 is 0 Å². The molecule has 0 saturated heterocycles. The van der Waals surface area contributed by atoms with Crippen LogP contribution in [0, 0.1) is 0 Å². The van der Waals surface area contributed by atoms with Gasteiger partial charge in [-0.1, -0.05) is 0 Å². The number of hydrogen-bond acceptors (Lipinski definition) is 4. The highest BCUT2D eigenvalue weighted by molar-refractivity contribution is 6.04. The lowest BCUT2D eigenvalue weighted by Crippen LogP contribution is -2.12. The van der Waals surface area contributed by atoms with E-state index in [-0.39, 0.29) is 11.7 Å². The fraction of sp³-hybridized carbons (Fsp3) is 0.188. The molecular formula is C16H16N2O3. The summed E-state index contributed by atoms with van der Waals surface area (Å²) in [5, 5.41) is 15.7. The average Bonchev–Trinajstić information content (AvgIpc) is 2.94. The molecule has 3 rings (SSSR count). The van der Waals surface area contributed by atoms with Crippen molar-refractivity contribution >= 4 is 17.3 Å². The predicted octanol–water partition coefficient (Wildman–Crippen LogP) is 2.62. The number of phenols is 1. The van der Waals surface area contributed by atoms with Crippen LogP contribution in [-0.2, 0) is 6.42 Å². The van der Waals surface area contributed by atoms with E-state index in [2.05, 4.69) is 10.6 Å². The molecule has 0 fully saturated rings. The van der Waals surface area contributed by atoms with Gasteiger partial charge in [-0.3, -0.25) is 4.79 Å². The summed E-state index contributed by atoms with van der Waals surface area (Å²) in [6, 6.07) is 10.4. The molecule has 5 heteroatoms. The highest BCUT2D eigenvalue weighted by atomic mass is 16.5. The number of nitrogens with one attached hydrogen (secondary N) is 2. The summed E-state index contributed by atoms with van der Waals surface area (Å²) in [6.45, 7) is 0.909. The summed E-state index contributed by atoms with van der Waals surface area (Å²) in [5.74, 6) is 0.166. The monoisotopic (exact) mass is 284 g/mol. The van der Waals surface area contributed by atoms with Crippen LogP contribution in [0.5, 0.6) is 11.5 Å². The smallest absolute Gasteiger partial charge is 0.255 e. The Balaban J connectivity index is 1.78. The zero-order valence-corrected chi connectivity index (χ0v) is 11.6. The first-order valence-corrected chi connectivity index (χ1v) is 6.72. The fourth-order valence-corrected chi connectivity index (χ4v) is 2.42. The van der Waals surface area contributed by atoms with Crippen LogP contribution in [0.4, 0.5) is 11.4 Å². The minimum Gasteiger partial charge on any atom is -0.504 e. The molecule has 21 heavy (non-hydrogen) atoms. The number of amides is 1. The molecule has 2 aromatic carbocycles. The third kappa shape index (κ3) is 2.63. The molecule has 1 aliphatic heterocycles. The number of carbonyl (C=O) groups excluding carboxylic acids is 1. The quantitative estimate of drug-likeness (QED) is 0.810. The third-order valence-corrected chi connectivity index (χ3v) is 3.51. The van der Waals surface area contributed by atoms with E-state index in [0.717, 1.165) is 24.2 Å². The Kier molecular flexibility index (Phi) is 3.39. The third-order valence-electron chi connectivity index (χ3n) is 3.51. The molecule has 0 bridgehead atoms. The molecule has 108 valence electrons. The van der Waals surface area contributed by atoms with Crippen molar-refractivity contribution in [1.82, 2.24) is 0 Å². The topological polar surface area (TPSA) is 70.6 Å².